The molecule has 0 aliphatic heterocycles. The average Bonchev–Trinajstić information content (AvgIpc) is 2.47. The molecule has 0 spiro atoms. The monoisotopic (exact) mass is 284 g/mol. The van der Waals surface area contributed by atoms with Crippen molar-refractivity contribution in [2.45, 2.75) is 40.2 Å². The van der Waals surface area contributed by atoms with Gasteiger partial charge in [-0.15, -0.1) is 0 Å². The number of aromatic nitrogens is 1. The molecule has 1 aromatic heterocycles. The van der Waals surface area contributed by atoms with Crippen molar-refractivity contribution in [3.8, 4) is 5.75 Å². The molecule has 0 amide bonds. The Bertz CT molecular complexity index is 594. The number of rotatable bonds is 6. The van der Waals surface area contributed by atoms with E-state index >= 15 is 0 Å². The second kappa shape index (κ2) is 7.11. The summed E-state index contributed by atoms with van der Waals surface area (Å²) in [7, 11) is 0. The van der Waals surface area contributed by atoms with Crippen LogP contribution in [0.4, 0.5) is 5.82 Å². The third-order valence-corrected chi connectivity index (χ3v) is 3.42. The molecule has 0 saturated heterocycles. The van der Waals surface area contributed by atoms with Crippen molar-refractivity contribution in [1.82, 2.24) is 4.98 Å². The van der Waals surface area contributed by atoms with E-state index in [-0.39, 0.29) is 0 Å². The molecule has 0 saturated carbocycles. The SMILES string of the molecule is CCNc1cccc(COc2cc(C(C)C)ccc2C)n1. The van der Waals surface area contributed by atoms with E-state index in [9.17, 15) is 0 Å². The van der Waals surface area contributed by atoms with Crippen LogP contribution in [0.15, 0.2) is 36.4 Å². The molecule has 3 heteroatoms. The van der Waals surface area contributed by atoms with E-state index < -0.39 is 0 Å². The lowest BCUT2D eigenvalue weighted by Crippen LogP contribution is -2.04. The van der Waals surface area contributed by atoms with Crippen LogP contribution in [0.5, 0.6) is 5.75 Å². The van der Waals surface area contributed by atoms with Gasteiger partial charge in [0.2, 0.25) is 0 Å². The molecule has 1 N–H and O–H groups in total. The van der Waals surface area contributed by atoms with Crippen molar-refractivity contribution < 1.29 is 4.74 Å². The van der Waals surface area contributed by atoms with Gasteiger partial charge in [0.05, 0.1) is 5.69 Å². The molecule has 0 aliphatic rings. The molecule has 0 fully saturated rings. The molecule has 0 atom stereocenters. The fourth-order valence-corrected chi connectivity index (χ4v) is 2.12. The highest BCUT2D eigenvalue weighted by molar-refractivity contribution is 5.38. The molecular formula is C18H24N2O. The topological polar surface area (TPSA) is 34.1 Å². The van der Waals surface area contributed by atoms with Crippen molar-refractivity contribution in [3.63, 3.8) is 0 Å². The Morgan fingerprint density at radius 2 is 2.00 bits per heavy atom. The Morgan fingerprint density at radius 1 is 1.19 bits per heavy atom. The van der Waals surface area contributed by atoms with Gasteiger partial charge in [-0.05, 0) is 49.1 Å². The van der Waals surface area contributed by atoms with Gasteiger partial charge in [-0.25, -0.2) is 4.98 Å². The minimum atomic E-state index is 0.488. The summed E-state index contributed by atoms with van der Waals surface area (Å²) >= 11 is 0. The van der Waals surface area contributed by atoms with Gasteiger partial charge in [0.25, 0.3) is 0 Å². The Labute approximate surface area is 127 Å². The lowest BCUT2D eigenvalue weighted by Gasteiger charge is -2.13. The van der Waals surface area contributed by atoms with Gasteiger partial charge in [0, 0.05) is 6.54 Å². The summed E-state index contributed by atoms with van der Waals surface area (Å²) in [6.45, 7) is 9.87. The lowest BCUT2D eigenvalue weighted by molar-refractivity contribution is 0.299. The van der Waals surface area contributed by atoms with Crippen LogP contribution in [-0.4, -0.2) is 11.5 Å². The Balaban J connectivity index is 2.09. The van der Waals surface area contributed by atoms with E-state index in [0.717, 1.165) is 29.4 Å². The highest BCUT2D eigenvalue weighted by Crippen LogP contribution is 2.25. The maximum Gasteiger partial charge on any atom is 0.130 e. The Morgan fingerprint density at radius 3 is 2.71 bits per heavy atom. The molecule has 0 bridgehead atoms. The van der Waals surface area contributed by atoms with E-state index in [1.54, 1.807) is 0 Å². The third kappa shape index (κ3) is 4.22. The predicted molar refractivity (Wildman–Crippen MR) is 88.0 cm³/mol. The second-order valence-corrected chi connectivity index (χ2v) is 5.51. The maximum atomic E-state index is 5.96. The zero-order valence-electron chi connectivity index (χ0n) is 13.3. The Hall–Kier alpha value is -2.03. The van der Waals surface area contributed by atoms with Gasteiger partial charge in [0.15, 0.2) is 0 Å². The fourth-order valence-electron chi connectivity index (χ4n) is 2.12. The minimum absolute atomic E-state index is 0.488. The Kier molecular flexibility index (Phi) is 5.20. The number of ether oxygens (including phenoxy) is 1. The highest BCUT2D eigenvalue weighted by atomic mass is 16.5. The van der Waals surface area contributed by atoms with Crippen LogP contribution in [0.25, 0.3) is 0 Å². The molecule has 2 rings (SSSR count). The molecule has 2 aromatic rings. The number of benzene rings is 1. The van der Waals surface area contributed by atoms with Crippen molar-refractivity contribution in [1.29, 1.82) is 0 Å². The first-order chi connectivity index (χ1) is 10.1. The molecule has 1 aromatic carbocycles. The van der Waals surface area contributed by atoms with E-state index in [0.29, 0.717) is 12.5 Å². The second-order valence-electron chi connectivity index (χ2n) is 5.51. The zero-order valence-corrected chi connectivity index (χ0v) is 13.3. The highest BCUT2D eigenvalue weighted by Gasteiger charge is 2.06. The van der Waals surface area contributed by atoms with Gasteiger partial charge >= 0.3 is 0 Å². The number of hydrogen-bond acceptors (Lipinski definition) is 3. The third-order valence-electron chi connectivity index (χ3n) is 3.42. The average molecular weight is 284 g/mol. The molecule has 0 unspecified atom stereocenters. The summed E-state index contributed by atoms with van der Waals surface area (Å²) in [6.07, 6.45) is 0. The van der Waals surface area contributed by atoms with Crippen LogP contribution in [0.1, 0.15) is 43.5 Å². The van der Waals surface area contributed by atoms with Crippen LogP contribution in [0.2, 0.25) is 0 Å². The summed E-state index contributed by atoms with van der Waals surface area (Å²) in [4.78, 5) is 4.53. The molecule has 21 heavy (non-hydrogen) atoms. The molecule has 0 aliphatic carbocycles. The van der Waals surface area contributed by atoms with E-state index in [1.165, 1.54) is 5.56 Å². The normalized spacial score (nSPS) is 10.7. The van der Waals surface area contributed by atoms with Crippen molar-refractivity contribution >= 4 is 5.82 Å². The van der Waals surface area contributed by atoms with Crippen LogP contribution >= 0.6 is 0 Å². The summed E-state index contributed by atoms with van der Waals surface area (Å²) < 4.78 is 5.96. The zero-order chi connectivity index (χ0) is 15.2. The predicted octanol–water partition coefficient (Wildman–Crippen LogP) is 4.52. The first-order valence-corrected chi connectivity index (χ1v) is 7.53. The fraction of sp³-hybridized carbons (Fsp3) is 0.389. The number of hydrogen-bond donors (Lipinski definition) is 1. The minimum Gasteiger partial charge on any atom is -0.487 e. The number of anilines is 1. The molecule has 1 heterocycles. The van der Waals surface area contributed by atoms with Crippen LogP contribution in [0.3, 0.4) is 0 Å². The molecule has 0 radical (unpaired) electrons. The van der Waals surface area contributed by atoms with Crippen molar-refractivity contribution in [2.24, 2.45) is 0 Å². The van der Waals surface area contributed by atoms with Crippen LogP contribution < -0.4 is 10.1 Å². The maximum absolute atomic E-state index is 5.96. The number of nitrogens with zero attached hydrogens (tertiary/aromatic N) is 1. The number of aryl methyl sites for hydroxylation is 1. The van der Waals surface area contributed by atoms with Gasteiger partial charge in [-0.3, -0.25) is 0 Å². The molecular weight excluding hydrogens is 260 g/mol. The first kappa shape index (κ1) is 15.4. The standard InChI is InChI=1S/C18H24N2O/c1-5-19-18-8-6-7-16(20-18)12-21-17-11-15(13(2)3)10-9-14(17)4/h6-11,13H,5,12H2,1-4H3,(H,19,20). The number of pyridine rings is 1. The van der Waals surface area contributed by atoms with Crippen LogP contribution in [0, 0.1) is 6.92 Å². The van der Waals surface area contributed by atoms with Crippen molar-refractivity contribution in [2.75, 3.05) is 11.9 Å². The first-order valence-electron chi connectivity index (χ1n) is 7.53. The van der Waals surface area contributed by atoms with Crippen molar-refractivity contribution in [3.05, 3.63) is 53.2 Å². The van der Waals surface area contributed by atoms with E-state index in [1.807, 2.05) is 18.2 Å². The summed E-state index contributed by atoms with van der Waals surface area (Å²) in [5.74, 6) is 2.34. The van der Waals surface area contributed by atoms with Gasteiger partial charge in [-0.1, -0.05) is 32.0 Å². The van der Waals surface area contributed by atoms with E-state index in [2.05, 4.69) is 56.2 Å². The summed E-state index contributed by atoms with van der Waals surface area (Å²) in [5, 5.41) is 3.21. The molecule has 3 nitrogen and oxygen atoms in total. The van der Waals surface area contributed by atoms with E-state index in [4.69, 9.17) is 4.74 Å². The summed E-state index contributed by atoms with van der Waals surface area (Å²) in [5.41, 5.74) is 3.38. The van der Waals surface area contributed by atoms with Gasteiger partial charge in [0.1, 0.15) is 18.2 Å². The number of nitrogens with one attached hydrogen (secondary N) is 1. The quantitative estimate of drug-likeness (QED) is 0.846. The largest absolute Gasteiger partial charge is 0.487 e. The lowest BCUT2D eigenvalue weighted by atomic mass is 10.0. The smallest absolute Gasteiger partial charge is 0.130 e. The molecule has 112 valence electrons. The van der Waals surface area contributed by atoms with Gasteiger partial charge in [-0.2, -0.15) is 0 Å². The summed E-state index contributed by atoms with van der Waals surface area (Å²) in [6, 6.07) is 12.4. The van der Waals surface area contributed by atoms with Gasteiger partial charge < -0.3 is 10.1 Å². The van der Waals surface area contributed by atoms with Crippen LogP contribution in [-0.2, 0) is 6.61 Å².